The van der Waals surface area contributed by atoms with Crippen molar-refractivity contribution < 1.29 is 43.2 Å². The van der Waals surface area contributed by atoms with E-state index in [1.165, 1.54) is 31.2 Å². The van der Waals surface area contributed by atoms with Crippen LogP contribution in [-0.4, -0.2) is 58.0 Å². The van der Waals surface area contributed by atoms with Crippen molar-refractivity contribution in [1.29, 1.82) is 0 Å². The zero-order valence-electron chi connectivity index (χ0n) is 24.3. The fraction of sp³-hybridized carbons (Fsp3) is 0.333. The molecule has 0 saturated heterocycles. The number of nitrogens with one attached hydrogen (secondary N) is 2. The molecule has 2 aromatic carbocycles. The van der Waals surface area contributed by atoms with Crippen LogP contribution in [0, 0.1) is 22.0 Å². The van der Waals surface area contributed by atoms with Crippen LogP contribution in [0.4, 0.5) is 16.2 Å². The Hall–Kier alpha value is -5.40. The number of rotatable bonds is 14. The van der Waals surface area contributed by atoms with Gasteiger partial charge in [-0.05, 0) is 42.7 Å². The molecule has 2 atom stereocenters. The number of ketones is 1. The van der Waals surface area contributed by atoms with Crippen molar-refractivity contribution in [3.05, 3.63) is 76.4 Å². The van der Waals surface area contributed by atoms with Crippen LogP contribution in [0.25, 0.3) is 0 Å². The normalized spacial score (nSPS) is 13.8. The van der Waals surface area contributed by atoms with E-state index in [4.69, 9.17) is 9.47 Å². The van der Waals surface area contributed by atoms with E-state index in [-0.39, 0.29) is 49.1 Å². The first-order valence-electron chi connectivity index (χ1n) is 13.7. The van der Waals surface area contributed by atoms with E-state index in [9.17, 15) is 38.9 Å². The van der Waals surface area contributed by atoms with Crippen molar-refractivity contribution in [3.63, 3.8) is 0 Å². The lowest BCUT2D eigenvalue weighted by molar-refractivity contribution is -0.384. The lowest BCUT2D eigenvalue weighted by Gasteiger charge is -2.22. The summed E-state index contributed by atoms with van der Waals surface area (Å²) in [5.41, 5.74) is 0.859. The molecule has 14 nitrogen and oxygen atoms in total. The first-order chi connectivity index (χ1) is 20.8. The number of benzene rings is 2. The Labute approximate surface area is 252 Å². The maximum atomic E-state index is 12.9. The van der Waals surface area contributed by atoms with E-state index in [0.717, 1.165) is 17.1 Å². The second-order valence-corrected chi connectivity index (χ2v) is 10.3. The summed E-state index contributed by atoms with van der Waals surface area (Å²) < 4.78 is 10.0. The third kappa shape index (κ3) is 9.58. The minimum atomic E-state index is -1.00. The Bertz CT molecular complexity index is 1430. The summed E-state index contributed by atoms with van der Waals surface area (Å²) in [6.07, 6.45) is 1.09. The smallest absolute Gasteiger partial charge is 0.429 e. The van der Waals surface area contributed by atoms with Crippen molar-refractivity contribution in [2.75, 3.05) is 11.9 Å². The van der Waals surface area contributed by atoms with Crippen LogP contribution in [-0.2, 0) is 35.3 Å². The van der Waals surface area contributed by atoms with E-state index < -0.39 is 46.7 Å². The number of Topliss-reactive ketones (excluding diaryl/α,β-unsaturated/α-hetero) is 1. The van der Waals surface area contributed by atoms with Gasteiger partial charge in [0.25, 0.3) is 17.5 Å². The Morgan fingerprint density at radius 2 is 1.52 bits per heavy atom. The number of amides is 4. The lowest BCUT2D eigenvalue weighted by atomic mass is 9.89. The molecule has 1 heterocycles. The molecule has 44 heavy (non-hydrogen) atoms. The quantitative estimate of drug-likeness (QED) is 0.106. The van der Waals surface area contributed by atoms with Gasteiger partial charge in [-0.25, -0.2) is 4.79 Å². The minimum Gasteiger partial charge on any atom is -0.429 e. The number of carbonyl (C=O) groups excluding carboxylic acids is 6. The minimum absolute atomic E-state index is 0.0636. The molecular weight excluding hydrogens is 576 g/mol. The van der Waals surface area contributed by atoms with Gasteiger partial charge in [-0.1, -0.05) is 26.0 Å². The molecule has 0 unspecified atom stereocenters. The van der Waals surface area contributed by atoms with Gasteiger partial charge in [-0.15, -0.1) is 0 Å². The number of non-ortho nitro benzene ring substituents is 1. The molecular formula is C30H32N4O10. The number of carbonyl (C=O) groups is 6. The lowest BCUT2D eigenvalue weighted by Crippen LogP contribution is -2.45. The summed E-state index contributed by atoms with van der Waals surface area (Å²) in [4.78, 5) is 84.5. The predicted octanol–water partition coefficient (Wildman–Crippen LogP) is 3.30. The van der Waals surface area contributed by atoms with Crippen molar-refractivity contribution in [3.8, 4) is 5.75 Å². The van der Waals surface area contributed by atoms with Gasteiger partial charge in [0, 0.05) is 55.3 Å². The van der Waals surface area contributed by atoms with Gasteiger partial charge >= 0.3 is 6.16 Å². The van der Waals surface area contributed by atoms with E-state index in [1.807, 2.05) is 0 Å². The fourth-order valence-corrected chi connectivity index (χ4v) is 4.09. The molecule has 0 radical (unpaired) electrons. The summed E-state index contributed by atoms with van der Waals surface area (Å²) in [7, 11) is 0. The van der Waals surface area contributed by atoms with Crippen molar-refractivity contribution in [2.24, 2.45) is 11.8 Å². The Morgan fingerprint density at radius 3 is 2.09 bits per heavy atom. The van der Waals surface area contributed by atoms with Crippen LogP contribution in [0.3, 0.4) is 0 Å². The molecule has 1 aliphatic rings. The SMILES string of the molecule is CC(C)[C@H](CC(=O)CCN1C(=O)C=CC1=O)C(=O)N[C@@H](C)C(=O)Nc1ccc(COC(=O)Oc2ccc([N+](=O)[O-])cc2)cc1. The number of ether oxygens (including phenoxy) is 2. The fourth-order valence-electron chi connectivity index (χ4n) is 4.09. The summed E-state index contributed by atoms with van der Waals surface area (Å²) in [5.74, 6) is -3.07. The number of hydrogen-bond acceptors (Lipinski definition) is 10. The van der Waals surface area contributed by atoms with Gasteiger partial charge in [-0.3, -0.25) is 39.0 Å². The van der Waals surface area contributed by atoms with Crippen molar-refractivity contribution >= 4 is 46.9 Å². The summed E-state index contributed by atoms with van der Waals surface area (Å²) in [6.45, 7) is 4.86. The largest absolute Gasteiger partial charge is 0.514 e. The zero-order chi connectivity index (χ0) is 32.4. The van der Waals surface area contributed by atoms with E-state index in [0.29, 0.717) is 11.3 Å². The van der Waals surface area contributed by atoms with Crippen molar-refractivity contribution in [1.82, 2.24) is 10.2 Å². The Balaban J connectivity index is 1.43. The van der Waals surface area contributed by atoms with Crippen LogP contribution in [0.15, 0.2) is 60.7 Å². The summed E-state index contributed by atoms with van der Waals surface area (Å²) >= 11 is 0. The average molecular weight is 609 g/mol. The number of nitro groups is 1. The standard InChI is InChI=1S/C30H32N4O10/c1-18(2)25(16-23(35)14-15-33-26(36)12-13-27(33)37)29(39)31-19(3)28(38)32-21-6-4-20(5-7-21)17-43-30(40)44-24-10-8-22(9-11-24)34(41)42/h4-13,18-19,25H,14-17H2,1-3H3,(H,31,39)(H,32,38)/t19-,25-/m0/s1. The highest BCUT2D eigenvalue weighted by Gasteiger charge is 2.29. The predicted molar refractivity (Wildman–Crippen MR) is 155 cm³/mol. The second kappa shape index (κ2) is 15.2. The van der Waals surface area contributed by atoms with Gasteiger partial charge in [0.15, 0.2) is 0 Å². The first kappa shape index (κ1) is 33.1. The van der Waals surface area contributed by atoms with Crippen LogP contribution in [0.2, 0.25) is 0 Å². The third-order valence-corrected chi connectivity index (χ3v) is 6.68. The van der Waals surface area contributed by atoms with E-state index in [2.05, 4.69) is 10.6 Å². The van der Waals surface area contributed by atoms with Crippen LogP contribution in [0.5, 0.6) is 5.75 Å². The molecule has 0 spiro atoms. The van der Waals surface area contributed by atoms with Gasteiger partial charge in [0.05, 0.1) is 4.92 Å². The topological polar surface area (TPSA) is 191 Å². The summed E-state index contributed by atoms with van der Waals surface area (Å²) in [5, 5.41) is 16.0. The zero-order valence-corrected chi connectivity index (χ0v) is 24.3. The molecule has 232 valence electrons. The number of anilines is 1. The number of nitro benzene ring substituents is 1. The molecule has 0 fully saturated rings. The number of nitrogens with zero attached hydrogens (tertiary/aromatic N) is 2. The Kier molecular flexibility index (Phi) is 11.4. The highest BCUT2D eigenvalue weighted by atomic mass is 16.7. The summed E-state index contributed by atoms with van der Waals surface area (Å²) in [6, 6.07) is 10.4. The maximum absolute atomic E-state index is 12.9. The highest BCUT2D eigenvalue weighted by molar-refractivity contribution is 6.13. The van der Waals surface area contributed by atoms with Gasteiger partial charge in [0.2, 0.25) is 11.8 Å². The molecule has 2 N–H and O–H groups in total. The molecule has 1 aliphatic heterocycles. The molecule has 3 rings (SSSR count). The molecule has 2 aromatic rings. The van der Waals surface area contributed by atoms with Crippen LogP contribution >= 0.6 is 0 Å². The Morgan fingerprint density at radius 1 is 0.909 bits per heavy atom. The van der Waals surface area contributed by atoms with E-state index in [1.54, 1.807) is 38.1 Å². The average Bonchev–Trinajstić information content (AvgIpc) is 3.30. The molecule has 4 amide bonds. The second-order valence-electron chi connectivity index (χ2n) is 10.3. The molecule has 0 bridgehead atoms. The van der Waals surface area contributed by atoms with Gasteiger partial charge < -0.3 is 20.1 Å². The third-order valence-electron chi connectivity index (χ3n) is 6.68. The molecule has 0 saturated carbocycles. The molecule has 0 aromatic heterocycles. The maximum Gasteiger partial charge on any atom is 0.514 e. The number of hydrogen-bond donors (Lipinski definition) is 2. The van der Waals surface area contributed by atoms with Crippen LogP contribution in [0.1, 0.15) is 39.2 Å². The van der Waals surface area contributed by atoms with E-state index >= 15 is 0 Å². The van der Waals surface area contributed by atoms with Gasteiger partial charge in [-0.2, -0.15) is 0 Å². The van der Waals surface area contributed by atoms with Gasteiger partial charge in [0.1, 0.15) is 24.2 Å². The first-order valence-corrected chi connectivity index (χ1v) is 13.7. The molecule has 0 aliphatic carbocycles. The van der Waals surface area contributed by atoms with Crippen LogP contribution < -0.4 is 15.4 Å². The number of imide groups is 1. The van der Waals surface area contributed by atoms with Crippen molar-refractivity contribution in [2.45, 2.75) is 46.3 Å². The monoisotopic (exact) mass is 608 g/mol. The molecule has 14 heteroatoms. The highest BCUT2D eigenvalue weighted by Crippen LogP contribution is 2.20.